The van der Waals surface area contributed by atoms with Crippen LogP contribution in [0.4, 0.5) is 5.69 Å². The van der Waals surface area contributed by atoms with Crippen LogP contribution in [0.2, 0.25) is 5.02 Å². The van der Waals surface area contributed by atoms with Crippen LogP contribution in [0.25, 0.3) is 0 Å². The van der Waals surface area contributed by atoms with Gasteiger partial charge in [-0.25, -0.2) is 8.42 Å². The molecule has 0 aromatic heterocycles. The van der Waals surface area contributed by atoms with Crippen molar-refractivity contribution >= 4 is 33.2 Å². The van der Waals surface area contributed by atoms with Gasteiger partial charge in [0, 0.05) is 18.1 Å². The van der Waals surface area contributed by atoms with Crippen LogP contribution in [0, 0.1) is 6.92 Å². The van der Waals surface area contributed by atoms with Crippen LogP contribution in [0.3, 0.4) is 0 Å². The zero-order valence-electron chi connectivity index (χ0n) is 19.0. The molecule has 1 aliphatic rings. The highest BCUT2D eigenvalue weighted by Crippen LogP contribution is 2.27. The van der Waals surface area contributed by atoms with E-state index in [4.69, 9.17) is 11.6 Å². The average Bonchev–Trinajstić information content (AvgIpc) is 3.25. The van der Waals surface area contributed by atoms with E-state index in [-0.39, 0.29) is 5.91 Å². The molecular formula is C24H32ClN3O3S. The number of hydrogen-bond acceptors (Lipinski definition) is 4. The second-order valence-electron chi connectivity index (χ2n) is 8.43. The molecule has 2 aromatic rings. The van der Waals surface area contributed by atoms with Crippen molar-refractivity contribution in [3.63, 3.8) is 0 Å². The Kier molecular flexibility index (Phi) is 8.20. The summed E-state index contributed by atoms with van der Waals surface area (Å²) in [7, 11) is -3.69. The normalized spacial score (nSPS) is 15.5. The van der Waals surface area contributed by atoms with Crippen LogP contribution in [0.5, 0.6) is 0 Å². The van der Waals surface area contributed by atoms with E-state index in [0.717, 1.165) is 41.3 Å². The minimum absolute atomic E-state index is 0.333. The monoisotopic (exact) mass is 477 g/mol. The number of rotatable bonds is 9. The molecule has 32 heavy (non-hydrogen) atoms. The fourth-order valence-electron chi connectivity index (χ4n) is 4.05. The molecule has 0 radical (unpaired) electrons. The van der Waals surface area contributed by atoms with Crippen LogP contribution in [-0.2, 0) is 27.9 Å². The van der Waals surface area contributed by atoms with E-state index in [1.807, 2.05) is 19.1 Å². The summed E-state index contributed by atoms with van der Waals surface area (Å²) in [5.74, 6) is -0.337. The van der Waals surface area contributed by atoms with E-state index in [2.05, 4.69) is 22.3 Å². The summed E-state index contributed by atoms with van der Waals surface area (Å²) in [4.78, 5) is 15.4. The average molecular weight is 478 g/mol. The lowest BCUT2D eigenvalue weighted by Gasteiger charge is -2.30. The first kappa shape index (κ1) is 24.6. The number of anilines is 1. The number of benzene rings is 2. The van der Waals surface area contributed by atoms with Crippen molar-refractivity contribution in [1.29, 1.82) is 0 Å². The fourth-order valence-corrected chi connectivity index (χ4v) is 5.43. The van der Waals surface area contributed by atoms with E-state index in [1.165, 1.54) is 18.4 Å². The first-order valence-corrected chi connectivity index (χ1v) is 13.2. The maximum absolute atomic E-state index is 13.0. The lowest BCUT2D eigenvalue weighted by molar-refractivity contribution is -0.122. The standard InChI is InChI=1S/C24H32ClN3O3S/c1-4-23(28(32(3,30)31)21-12-7-18(2)22(25)15-21)24(29)26-16-19-8-10-20(11-9-19)17-27-13-5-6-14-27/h7-12,15,23H,4-6,13-14,16-17H2,1-3H3,(H,26,29). The van der Waals surface area contributed by atoms with Crippen LogP contribution in [0.15, 0.2) is 42.5 Å². The third-order valence-corrected chi connectivity index (χ3v) is 7.42. The summed E-state index contributed by atoms with van der Waals surface area (Å²) < 4.78 is 26.3. The first-order chi connectivity index (χ1) is 15.2. The molecule has 1 aliphatic heterocycles. The molecule has 0 spiro atoms. The summed E-state index contributed by atoms with van der Waals surface area (Å²) >= 11 is 6.22. The lowest BCUT2D eigenvalue weighted by atomic mass is 10.1. The van der Waals surface area contributed by atoms with E-state index in [1.54, 1.807) is 25.1 Å². The van der Waals surface area contributed by atoms with Gasteiger partial charge in [0.2, 0.25) is 15.9 Å². The molecule has 0 saturated carbocycles. The minimum Gasteiger partial charge on any atom is -0.350 e. The maximum Gasteiger partial charge on any atom is 0.244 e. The van der Waals surface area contributed by atoms with Gasteiger partial charge >= 0.3 is 0 Å². The highest BCUT2D eigenvalue weighted by Gasteiger charge is 2.31. The van der Waals surface area contributed by atoms with Crippen molar-refractivity contribution in [3.8, 4) is 0 Å². The van der Waals surface area contributed by atoms with Gasteiger partial charge in [-0.05, 0) is 68.1 Å². The number of likely N-dealkylation sites (tertiary alicyclic amines) is 1. The van der Waals surface area contributed by atoms with Gasteiger partial charge in [-0.1, -0.05) is 48.9 Å². The van der Waals surface area contributed by atoms with Gasteiger partial charge in [-0.3, -0.25) is 14.0 Å². The number of hydrogen-bond donors (Lipinski definition) is 1. The van der Waals surface area contributed by atoms with Gasteiger partial charge in [0.15, 0.2) is 0 Å². The highest BCUT2D eigenvalue weighted by atomic mass is 35.5. The Morgan fingerprint density at radius 2 is 1.75 bits per heavy atom. The van der Waals surface area contributed by atoms with Gasteiger partial charge in [0.1, 0.15) is 6.04 Å². The molecule has 0 aliphatic carbocycles. The van der Waals surface area contributed by atoms with Gasteiger partial charge in [0.25, 0.3) is 0 Å². The Hall–Kier alpha value is -2.09. The maximum atomic E-state index is 13.0. The smallest absolute Gasteiger partial charge is 0.244 e. The summed E-state index contributed by atoms with van der Waals surface area (Å²) in [6.45, 7) is 7.24. The largest absolute Gasteiger partial charge is 0.350 e. The number of amides is 1. The van der Waals surface area contributed by atoms with Crippen LogP contribution in [-0.4, -0.2) is 44.6 Å². The zero-order chi connectivity index (χ0) is 23.3. The molecule has 1 unspecified atom stereocenters. The summed E-state index contributed by atoms with van der Waals surface area (Å²) in [5.41, 5.74) is 3.46. The lowest BCUT2D eigenvalue weighted by Crippen LogP contribution is -2.49. The molecule has 1 N–H and O–H groups in total. The van der Waals surface area contributed by atoms with Crippen molar-refractivity contribution < 1.29 is 13.2 Å². The first-order valence-electron chi connectivity index (χ1n) is 11.0. The predicted octanol–water partition coefficient (Wildman–Crippen LogP) is 4.11. The number of aryl methyl sites for hydroxylation is 1. The second-order valence-corrected chi connectivity index (χ2v) is 10.7. The Morgan fingerprint density at radius 3 is 2.31 bits per heavy atom. The SMILES string of the molecule is CCC(C(=O)NCc1ccc(CN2CCCC2)cc1)N(c1ccc(C)c(Cl)c1)S(C)(=O)=O. The molecule has 174 valence electrons. The van der Waals surface area contributed by atoms with Crippen LogP contribution >= 0.6 is 11.6 Å². The van der Waals surface area contributed by atoms with Crippen LogP contribution in [0.1, 0.15) is 42.9 Å². The number of carbonyl (C=O) groups is 1. The fraction of sp³-hybridized carbons (Fsp3) is 0.458. The predicted molar refractivity (Wildman–Crippen MR) is 130 cm³/mol. The molecule has 6 nitrogen and oxygen atoms in total. The number of nitrogens with zero attached hydrogens (tertiary/aromatic N) is 2. The van der Waals surface area contributed by atoms with E-state index in [0.29, 0.717) is 23.7 Å². The molecule has 3 rings (SSSR count). The number of carbonyl (C=O) groups excluding carboxylic acids is 1. The van der Waals surface area contributed by atoms with E-state index >= 15 is 0 Å². The Bertz CT molecular complexity index is 1030. The molecule has 2 aromatic carbocycles. The van der Waals surface area contributed by atoms with Crippen molar-refractivity contribution in [3.05, 3.63) is 64.2 Å². The molecule has 8 heteroatoms. The molecule has 1 heterocycles. The Balaban J connectivity index is 1.68. The van der Waals surface area contributed by atoms with E-state index in [9.17, 15) is 13.2 Å². The van der Waals surface area contributed by atoms with Crippen molar-refractivity contribution in [2.45, 2.75) is 52.2 Å². The molecule has 1 atom stereocenters. The topological polar surface area (TPSA) is 69.7 Å². The van der Waals surface area contributed by atoms with Crippen molar-refractivity contribution in [1.82, 2.24) is 10.2 Å². The van der Waals surface area contributed by atoms with Gasteiger partial charge in [-0.2, -0.15) is 0 Å². The quantitative estimate of drug-likeness (QED) is 0.590. The van der Waals surface area contributed by atoms with E-state index < -0.39 is 16.1 Å². The van der Waals surface area contributed by atoms with Crippen molar-refractivity contribution in [2.24, 2.45) is 0 Å². The molecular weight excluding hydrogens is 446 g/mol. The minimum atomic E-state index is -3.69. The van der Waals surface area contributed by atoms with Gasteiger partial charge in [-0.15, -0.1) is 0 Å². The molecule has 1 saturated heterocycles. The number of sulfonamides is 1. The third-order valence-electron chi connectivity index (χ3n) is 5.83. The summed E-state index contributed by atoms with van der Waals surface area (Å²) in [6, 6.07) is 12.4. The Labute approximate surface area is 196 Å². The Morgan fingerprint density at radius 1 is 1.12 bits per heavy atom. The summed E-state index contributed by atoms with van der Waals surface area (Å²) in [6.07, 6.45) is 3.97. The number of nitrogens with one attached hydrogen (secondary N) is 1. The van der Waals surface area contributed by atoms with Gasteiger partial charge < -0.3 is 5.32 Å². The third kappa shape index (κ3) is 6.24. The van der Waals surface area contributed by atoms with Gasteiger partial charge in [0.05, 0.1) is 11.9 Å². The highest BCUT2D eigenvalue weighted by molar-refractivity contribution is 7.92. The number of halogens is 1. The molecule has 0 bridgehead atoms. The molecule has 1 fully saturated rings. The van der Waals surface area contributed by atoms with Crippen LogP contribution < -0.4 is 9.62 Å². The zero-order valence-corrected chi connectivity index (χ0v) is 20.5. The summed E-state index contributed by atoms with van der Waals surface area (Å²) in [5, 5.41) is 3.36. The van der Waals surface area contributed by atoms with Crippen molar-refractivity contribution in [2.75, 3.05) is 23.7 Å². The molecule has 1 amide bonds. The second kappa shape index (κ2) is 10.7.